The number of carbonyl (C=O) groups is 2. The van der Waals surface area contributed by atoms with Crippen molar-refractivity contribution in [3.8, 4) is 5.75 Å². The van der Waals surface area contributed by atoms with Gasteiger partial charge in [-0.1, -0.05) is 6.42 Å². The van der Waals surface area contributed by atoms with Crippen LogP contribution in [0.4, 0.5) is 0 Å². The van der Waals surface area contributed by atoms with Gasteiger partial charge >= 0.3 is 0 Å². The van der Waals surface area contributed by atoms with Gasteiger partial charge in [-0.25, -0.2) is 0 Å². The summed E-state index contributed by atoms with van der Waals surface area (Å²) in [4.78, 5) is 28.0. The molecule has 2 bridgehead atoms. The molecule has 7 heteroatoms. The molecule has 0 N–H and O–H groups in total. The summed E-state index contributed by atoms with van der Waals surface area (Å²) in [5, 5.41) is 4.00. The minimum absolute atomic E-state index is 0.0228. The van der Waals surface area contributed by atoms with Gasteiger partial charge in [0.05, 0.1) is 12.4 Å². The van der Waals surface area contributed by atoms with Crippen LogP contribution in [-0.2, 0) is 16.6 Å². The van der Waals surface area contributed by atoms with Crippen LogP contribution in [0.15, 0.2) is 12.4 Å². The first kappa shape index (κ1) is 18.7. The SMILES string of the molecule is CN(CCN(C)C(=O)CC1CC2CCC1C2)C(=O)COc1cnn(C)c1. The van der Waals surface area contributed by atoms with E-state index in [1.54, 1.807) is 41.0 Å². The van der Waals surface area contributed by atoms with Gasteiger partial charge in [0.1, 0.15) is 0 Å². The molecular formula is C19H30N4O3. The monoisotopic (exact) mass is 362 g/mol. The van der Waals surface area contributed by atoms with Crippen molar-refractivity contribution in [3.05, 3.63) is 12.4 Å². The first-order valence-corrected chi connectivity index (χ1v) is 9.51. The number of fused-ring (bicyclic) bond motifs is 2. The van der Waals surface area contributed by atoms with E-state index in [4.69, 9.17) is 4.74 Å². The van der Waals surface area contributed by atoms with Crippen LogP contribution < -0.4 is 4.74 Å². The second-order valence-corrected chi connectivity index (χ2v) is 7.91. The summed E-state index contributed by atoms with van der Waals surface area (Å²) in [5.74, 6) is 2.89. The Bertz CT molecular complexity index is 644. The third-order valence-corrected chi connectivity index (χ3v) is 5.99. The van der Waals surface area contributed by atoms with Crippen LogP contribution in [0.3, 0.4) is 0 Å². The number of aryl methyl sites for hydroxylation is 1. The van der Waals surface area contributed by atoms with Crippen LogP contribution in [0.2, 0.25) is 0 Å². The molecule has 0 aromatic carbocycles. The Kier molecular flexibility index (Phi) is 5.84. The highest BCUT2D eigenvalue weighted by Crippen LogP contribution is 2.49. The molecule has 1 heterocycles. The van der Waals surface area contributed by atoms with Crippen LogP contribution in [0, 0.1) is 17.8 Å². The Morgan fingerprint density at radius 2 is 1.92 bits per heavy atom. The van der Waals surface area contributed by atoms with Gasteiger partial charge in [0, 0.05) is 40.7 Å². The van der Waals surface area contributed by atoms with E-state index >= 15 is 0 Å². The molecule has 1 aromatic heterocycles. The van der Waals surface area contributed by atoms with E-state index in [1.807, 2.05) is 7.05 Å². The Morgan fingerprint density at radius 3 is 2.50 bits per heavy atom. The average Bonchev–Trinajstić information content (AvgIpc) is 3.34. The molecule has 0 spiro atoms. The molecule has 1 aromatic rings. The molecule has 144 valence electrons. The molecule has 3 rings (SSSR count). The van der Waals surface area contributed by atoms with Gasteiger partial charge in [0.2, 0.25) is 5.91 Å². The predicted molar refractivity (Wildman–Crippen MR) is 97.5 cm³/mol. The molecule has 2 aliphatic carbocycles. The fourth-order valence-corrected chi connectivity index (χ4v) is 4.28. The second-order valence-electron chi connectivity index (χ2n) is 7.91. The highest BCUT2D eigenvalue weighted by atomic mass is 16.5. The Balaban J connectivity index is 1.35. The summed E-state index contributed by atoms with van der Waals surface area (Å²) >= 11 is 0. The van der Waals surface area contributed by atoms with Gasteiger partial charge in [-0.3, -0.25) is 14.3 Å². The summed E-state index contributed by atoms with van der Waals surface area (Å²) < 4.78 is 7.05. The summed E-state index contributed by atoms with van der Waals surface area (Å²) in [7, 11) is 5.37. The zero-order valence-corrected chi connectivity index (χ0v) is 16.1. The number of hydrogen-bond acceptors (Lipinski definition) is 4. The molecule has 2 aliphatic rings. The van der Waals surface area contributed by atoms with E-state index in [1.165, 1.54) is 25.7 Å². The molecule has 2 amide bonds. The van der Waals surface area contributed by atoms with Gasteiger partial charge in [-0.15, -0.1) is 0 Å². The molecule has 3 unspecified atom stereocenters. The quantitative estimate of drug-likeness (QED) is 0.704. The summed E-state index contributed by atoms with van der Waals surface area (Å²) in [6, 6.07) is 0. The normalized spacial score (nSPS) is 23.9. The Hall–Kier alpha value is -2.05. The Morgan fingerprint density at radius 1 is 1.19 bits per heavy atom. The number of likely N-dealkylation sites (N-methyl/N-ethyl adjacent to an activating group) is 2. The lowest BCUT2D eigenvalue weighted by molar-refractivity contribution is -0.135. The fraction of sp³-hybridized carbons (Fsp3) is 0.737. The first-order chi connectivity index (χ1) is 12.4. The molecule has 2 fully saturated rings. The highest BCUT2D eigenvalue weighted by Gasteiger charge is 2.40. The van der Waals surface area contributed by atoms with Crippen molar-refractivity contribution < 1.29 is 14.3 Å². The molecule has 26 heavy (non-hydrogen) atoms. The maximum absolute atomic E-state index is 12.5. The van der Waals surface area contributed by atoms with E-state index in [-0.39, 0.29) is 18.4 Å². The molecule has 0 aliphatic heterocycles. The smallest absolute Gasteiger partial charge is 0.260 e. The second kappa shape index (κ2) is 8.10. The lowest BCUT2D eigenvalue weighted by Crippen LogP contribution is -2.39. The molecule has 0 saturated heterocycles. The number of amides is 2. The lowest BCUT2D eigenvalue weighted by Gasteiger charge is -2.26. The van der Waals surface area contributed by atoms with Crippen LogP contribution in [0.5, 0.6) is 5.75 Å². The van der Waals surface area contributed by atoms with Gasteiger partial charge in [-0.05, 0) is 37.0 Å². The zero-order valence-electron chi connectivity index (χ0n) is 16.1. The number of aromatic nitrogens is 2. The van der Waals surface area contributed by atoms with Crippen molar-refractivity contribution in [2.45, 2.75) is 32.1 Å². The molecule has 3 atom stereocenters. The van der Waals surface area contributed by atoms with Crippen molar-refractivity contribution in [1.29, 1.82) is 0 Å². The fourth-order valence-electron chi connectivity index (χ4n) is 4.28. The number of rotatable bonds is 8. The standard InChI is InChI=1S/C19H30N4O3/c1-21(18(24)10-16-9-14-4-5-15(16)8-14)6-7-22(2)19(25)13-26-17-11-20-23(3)12-17/h11-12,14-16H,4-10,13H2,1-3H3. The third kappa shape index (κ3) is 4.56. The van der Waals surface area contributed by atoms with Crippen molar-refractivity contribution in [1.82, 2.24) is 19.6 Å². The van der Waals surface area contributed by atoms with Crippen molar-refractivity contribution >= 4 is 11.8 Å². The maximum atomic E-state index is 12.5. The van der Waals surface area contributed by atoms with Crippen molar-refractivity contribution in [2.75, 3.05) is 33.8 Å². The molecular weight excluding hydrogens is 332 g/mol. The molecule has 2 saturated carbocycles. The van der Waals surface area contributed by atoms with Crippen molar-refractivity contribution in [2.24, 2.45) is 24.8 Å². The first-order valence-electron chi connectivity index (χ1n) is 9.51. The number of carbonyl (C=O) groups excluding carboxylic acids is 2. The van der Waals surface area contributed by atoms with Gasteiger partial charge in [0.15, 0.2) is 12.4 Å². The van der Waals surface area contributed by atoms with E-state index in [0.29, 0.717) is 31.2 Å². The van der Waals surface area contributed by atoms with Gasteiger partial charge in [-0.2, -0.15) is 5.10 Å². The lowest BCUT2D eigenvalue weighted by atomic mass is 9.86. The number of ether oxygens (including phenoxy) is 1. The summed E-state index contributed by atoms with van der Waals surface area (Å²) in [6.07, 6.45) is 9.19. The number of nitrogens with zero attached hydrogens (tertiary/aromatic N) is 4. The van der Waals surface area contributed by atoms with Crippen molar-refractivity contribution in [3.63, 3.8) is 0 Å². The van der Waals surface area contributed by atoms with E-state index < -0.39 is 0 Å². The number of hydrogen-bond donors (Lipinski definition) is 0. The minimum Gasteiger partial charge on any atom is -0.480 e. The van der Waals surface area contributed by atoms with Gasteiger partial charge < -0.3 is 14.5 Å². The van der Waals surface area contributed by atoms with Crippen LogP contribution in [-0.4, -0.2) is 65.2 Å². The molecule has 7 nitrogen and oxygen atoms in total. The van der Waals surface area contributed by atoms with Crippen LogP contribution in [0.25, 0.3) is 0 Å². The van der Waals surface area contributed by atoms with Crippen LogP contribution in [0.1, 0.15) is 32.1 Å². The minimum atomic E-state index is -0.109. The maximum Gasteiger partial charge on any atom is 0.260 e. The summed E-state index contributed by atoms with van der Waals surface area (Å²) in [6.45, 7) is 1.04. The largest absolute Gasteiger partial charge is 0.480 e. The Labute approximate surface area is 155 Å². The molecule has 0 radical (unpaired) electrons. The topological polar surface area (TPSA) is 67.7 Å². The van der Waals surface area contributed by atoms with Gasteiger partial charge in [0.25, 0.3) is 5.91 Å². The van der Waals surface area contributed by atoms with E-state index in [9.17, 15) is 9.59 Å². The van der Waals surface area contributed by atoms with E-state index in [2.05, 4.69) is 5.10 Å². The predicted octanol–water partition coefficient (Wildman–Crippen LogP) is 1.54. The summed E-state index contributed by atoms with van der Waals surface area (Å²) in [5.41, 5.74) is 0. The highest BCUT2D eigenvalue weighted by molar-refractivity contribution is 5.78. The zero-order chi connectivity index (χ0) is 18.7. The third-order valence-electron chi connectivity index (χ3n) is 5.99. The average molecular weight is 362 g/mol. The van der Waals surface area contributed by atoms with E-state index in [0.717, 1.165) is 11.8 Å². The van der Waals surface area contributed by atoms with Crippen LogP contribution >= 0.6 is 0 Å².